The second-order valence-corrected chi connectivity index (χ2v) is 7.28. The summed E-state index contributed by atoms with van der Waals surface area (Å²) in [5.74, 6) is -0.246. The normalized spacial score (nSPS) is 11.9. The predicted molar refractivity (Wildman–Crippen MR) is 117 cm³/mol. The van der Waals surface area contributed by atoms with E-state index in [9.17, 15) is 9.59 Å². The summed E-state index contributed by atoms with van der Waals surface area (Å²) in [6, 6.07) is 16.4. The molecule has 0 unspecified atom stereocenters. The van der Waals surface area contributed by atoms with Crippen molar-refractivity contribution in [3.05, 3.63) is 81.6 Å². The van der Waals surface area contributed by atoms with Crippen molar-refractivity contribution in [3.8, 4) is 11.3 Å². The van der Waals surface area contributed by atoms with Gasteiger partial charge in [-0.05, 0) is 62.1 Å². The molecular formula is C24H27N3O2. The number of aromatic nitrogens is 2. The van der Waals surface area contributed by atoms with Gasteiger partial charge in [0.1, 0.15) is 6.04 Å². The first-order valence-corrected chi connectivity index (χ1v) is 10.00. The Labute approximate surface area is 171 Å². The van der Waals surface area contributed by atoms with E-state index in [1.165, 1.54) is 16.3 Å². The molecule has 5 heteroatoms. The van der Waals surface area contributed by atoms with Crippen LogP contribution in [0.25, 0.3) is 11.3 Å². The number of nitrogens with zero attached hydrogens (tertiary/aromatic N) is 2. The number of hydrogen-bond donors (Lipinski definition) is 1. The lowest BCUT2D eigenvalue weighted by molar-refractivity contribution is -0.119. The summed E-state index contributed by atoms with van der Waals surface area (Å²) < 4.78 is 1.30. The van der Waals surface area contributed by atoms with Gasteiger partial charge >= 0.3 is 0 Å². The Morgan fingerprint density at radius 3 is 2.41 bits per heavy atom. The van der Waals surface area contributed by atoms with Crippen LogP contribution in [0, 0.1) is 13.8 Å². The molecule has 3 aromatic rings. The highest BCUT2D eigenvalue weighted by Gasteiger charge is 2.22. The molecule has 0 saturated carbocycles. The van der Waals surface area contributed by atoms with Crippen LogP contribution >= 0.6 is 0 Å². The molecule has 3 rings (SSSR count). The van der Waals surface area contributed by atoms with Crippen molar-refractivity contribution in [2.24, 2.45) is 0 Å². The van der Waals surface area contributed by atoms with Crippen LogP contribution in [0.2, 0.25) is 0 Å². The Morgan fingerprint density at radius 2 is 1.76 bits per heavy atom. The van der Waals surface area contributed by atoms with Gasteiger partial charge in [-0.25, -0.2) is 4.68 Å². The van der Waals surface area contributed by atoms with E-state index in [1.54, 1.807) is 6.07 Å². The standard InChI is InChI=1S/C24H27N3O2/c1-5-18-9-11-19(12-10-18)25-24(29)22(6-2)27-23(28)14-13-21(26-27)20-15-16(3)7-8-17(20)4/h7-15,22H,5-6H2,1-4H3,(H,25,29)/t22-/m1/s1. The minimum Gasteiger partial charge on any atom is -0.324 e. The van der Waals surface area contributed by atoms with Gasteiger partial charge in [-0.15, -0.1) is 0 Å². The van der Waals surface area contributed by atoms with Crippen LogP contribution in [-0.4, -0.2) is 15.7 Å². The summed E-state index contributed by atoms with van der Waals surface area (Å²) in [6.45, 7) is 7.99. The molecule has 5 nitrogen and oxygen atoms in total. The fourth-order valence-corrected chi connectivity index (χ4v) is 3.32. The van der Waals surface area contributed by atoms with Gasteiger partial charge in [0.2, 0.25) is 5.91 Å². The molecule has 1 heterocycles. The number of hydrogen-bond acceptors (Lipinski definition) is 3. The fraction of sp³-hybridized carbons (Fsp3) is 0.292. The van der Waals surface area contributed by atoms with Gasteiger partial charge in [0, 0.05) is 17.3 Å². The summed E-state index contributed by atoms with van der Waals surface area (Å²) in [6.07, 6.45) is 1.40. The minimum atomic E-state index is -0.682. The molecule has 2 aromatic carbocycles. The first-order valence-electron chi connectivity index (χ1n) is 10.00. The maximum Gasteiger partial charge on any atom is 0.267 e. The molecule has 0 radical (unpaired) electrons. The van der Waals surface area contributed by atoms with E-state index in [2.05, 4.69) is 17.3 Å². The number of carbonyl (C=O) groups is 1. The number of carbonyl (C=O) groups excluding carboxylic acids is 1. The molecule has 0 bridgehead atoms. The summed E-state index contributed by atoms with van der Waals surface area (Å²) in [7, 11) is 0. The molecular weight excluding hydrogens is 362 g/mol. The van der Waals surface area contributed by atoms with Gasteiger partial charge in [-0.3, -0.25) is 9.59 Å². The largest absolute Gasteiger partial charge is 0.324 e. The first-order chi connectivity index (χ1) is 13.9. The lowest BCUT2D eigenvalue weighted by atomic mass is 10.0. The minimum absolute atomic E-state index is 0.246. The average Bonchev–Trinajstić information content (AvgIpc) is 2.72. The lowest BCUT2D eigenvalue weighted by Gasteiger charge is -2.18. The van der Waals surface area contributed by atoms with Crippen LogP contribution in [-0.2, 0) is 11.2 Å². The van der Waals surface area contributed by atoms with Crippen LogP contribution in [0.5, 0.6) is 0 Å². The zero-order valence-electron chi connectivity index (χ0n) is 17.4. The Morgan fingerprint density at radius 1 is 1.03 bits per heavy atom. The third-order valence-corrected chi connectivity index (χ3v) is 5.11. The van der Waals surface area contributed by atoms with Gasteiger partial charge in [0.15, 0.2) is 0 Å². The Bertz CT molecular complexity index is 1070. The summed E-state index contributed by atoms with van der Waals surface area (Å²) >= 11 is 0. The smallest absolute Gasteiger partial charge is 0.267 e. The fourth-order valence-electron chi connectivity index (χ4n) is 3.32. The van der Waals surface area contributed by atoms with Crippen molar-refractivity contribution in [1.82, 2.24) is 9.78 Å². The third-order valence-electron chi connectivity index (χ3n) is 5.11. The zero-order chi connectivity index (χ0) is 21.0. The second kappa shape index (κ2) is 8.86. The number of amides is 1. The highest BCUT2D eigenvalue weighted by molar-refractivity contribution is 5.93. The van der Waals surface area contributed by atoms with Crippen molar-refractivity contribution in [2.75, 3.05) is 5.32 Å². The molecule has 1 amide bonds. The van der Waals surface area contributed by atoms with E-state index in [1.807, 2.05) is 63.2 Å². The molecule has 0 saturated heterocycles. The van der Waals surface area contributed by atoms with E-state index in [0.717, 1.165) is 23.1 Å². The van der Waals surface area contributed by atoms with Gasteiger partial charge in [-0.1, -0.05) is 43.7 Å². The van der Waals surface area contributed by atoms with Gasteiger partial charge in [0.25, 0.3) is 5.56 Å². The number of anilines is 1. The van der Waals surface area contributed by atoms with Gasteiger partial charge in [-0.2, -0.15) is 5.10 Å². The molecule has 1 N–H and O–H groups in total. The van der Waals surface area contributed by atoms with Crippen LogP contribution in [0.1, 0.15) is 43.0 Å². The lowest BCUT2D eigenvalue weighted by Crippen LogP contribution is -2.34. The van der Waals surface area contributed by atoms with Gasteiger partial charge < -0.3 is 5.32 Å². The SMILES string of the molecule is CCc1ccc(NC(=O)[C@@H](CC)n2nc(-c3cc(C)ccc3C)ccc2=O)cc1. The Hall–Kier alpha value is -3.21. The molecule has 1 aromatic heterocycles. The highest BCUT2D eigenvalue weighted by atomic mass is 16.2. The molecule has 0 fully saturated rings. The number of benzene rings is 2. The summed E-state index contributed by atoms with van der Waals surface area (Å²) in [5.41, 5.74) is 5.46. The Kier molecular flexibility index (Phi) is 6.27. The molecule has 29 heavy (non-hydrogen) atoms. The summed E-state index contributed by atoms with van der Waals surface area (Å²) in [5, 5.41) is 7.46. The zero-order valence-corrected chi connectivity index (χ0v) is 17.4. The summed E-state index contributed by atoms with van der Waals surface area (Å²) in [4.78, 5) is 25.4. The van der Waals surface area contributed by atoms with Crippen molar-refractivity contribution in [2.45, 2.75) is 46.6 Å². The maximum absolute atomic E-state index is 12.9. The van der Waals surface area contributed by atoms with Crippen LogP contribution in [0.3, 0.4) is 0 Å². The van der Waals surface area contributed by atoms with Crippen LogP contribution < -0.4 is 10.9 Å². The molecule has 150 valence electrons. The first kappa shape index (κ1) is 20.5. The quantitative estimate of drug-likeness (QED) is 0.666. The predicted octanol–water partition coefficient (Wildman–Crippen LogP) is 4.68. The van der Waals surface area contributed by atoms with Crippen molar-refractivity contribution < 1.29 is 4.79 Å². The van der Waals surface area contributed by atoms with E-state index in [0.29, 0.717) is 17.8 Å². The van der Waals surface area contributed by atoms with Crippen LogP contribution in [0.4, 0.5) is 5.69 Å². The average molecular weight is 389 g/mol. The van der Waals surface area contributed by atoms with E-state index in [-0.39, 0.29) is 11.5 Å². The Balaban J connectivity index is 1.93. The molecule has 0 aliphatic carbocycles. The van der Waals surface area contributed by atoms with Gasteiger partial charge in [0.05, 0.1) is 5.69 Å². The van der Waals surface area contributed by atoms with Crippen molar-refractivity contribution >= 4 is 11.6 Å². The molecule has 0 aliphatic rings. The van der Waals surface area contributed by atoms with E-state index < -0.39 is 6.04 Å². The monoisotopic (exact) mass is 389 g/mol. The molecule has 0 spiro atoms. The highest BCUT2D eigenvalue weighted by Crippen LogP contribution is 2.23. The molecule has 0 aliphatic heterocycles. The van der Waals surface area contributed by atoms with Crippen LogP contribution in [0.15, 0.2) is 59.4 Å². The number of aryl methyl sites for hydroxylation is 3. The van der Waals surface area contributed by atoms with E-state index >= 15 is 0 Å². The number of rotatable bonds is 6. The second-order valence-electron chi connectivity index (χ2n) is 7.28. The molecule has 1 atom stereocenters. The third kappa shape index (κ3) is 4.62. The topological polar surface area (TPSA) is 64.0 Å². The maximum atomic E-state index is 12.9. The number of nitrogens with one attached hydrogen (secondary N) is 1. The van der Waals surface area contributed by atoms with E-state index in [4.69, 9.17) is 0 Å². The van der Waals surface area contributed by atoms with Crippen molar-refractivity contribution in [1.29, 1.82) is 0 Å². The van der Waals surface area contributed by atoms with Crippen molar-refractivity contribution in [3.63, 3.8) is 0 Å².